The number of aliphatic hydroxyl groups is 1. The summed E-state index contributed by atoms with van der Waals surface area (Å²) in [5, 5.41) is 20.7. The first-order valence-corrected chi connectivity index (χ1v) is 9.70. The summed E-state index contributed by atoms with van der Waals surface area (Å²) in [5.41, 5.74) is 0.313. The number of carboxylic acid groups (broad SMARTS) is 1. The van der Waals surface area contributed by atoms with Crippen molar-refractivity contribution in [3.05, 3.63) is 70.3 Å². The molecule has 0 radical (unpaired) electrons. The number of halogens is 1. The normalized spacial score (nSPS) is 24.5. The van der Waals surface area contributed by atoms with E-state index in [1.165, 1.54) is 30.3 Å². The van der Waals surface area contributed by atoms with E-state index in [1.54, 1.807) is 18.2 Å². The number of nitrogens with zero attached hydrogens (tertiary/aromatic N) is 2. The van der Waals surface area contributed by atoms with E-state index in [0.29, 0.717) is 5.02 Å². The van der Waals surface area contributed by atoms with E-state index in [2.05, 4.69) is 4.99 Å². The van der Waals surface area contributed by atoms with Gasteiger partial charge in [-0.15, -0.1) is 0 Å². The Bertz CT molecular complexity index is 1260. The molecule has 3 aliphatic rings. The van der Waals surface area contributed by atoms with Crippen molar-refractivity contribution in [2.45, 2.75) is 6.04 Å². The van der Waals surface area contributed by atoms with Gasteiger partial charge in [-0.05, 0) is 24.3 Å². The van der Waals surface area contributed by atoms with Gasteiger partial charge in [0, 0.05) is 16.1 Å². The zero-order chi connectivity index (χ0) is 22.0. The van der Waals surface area contributed by atoms with E-state index < -0.39 is 41.4 Å². The fourth-order valence-electron chi connectivity index (χ4n) is 4.38. The highest BCUT2D eigenvalue weighted by molar-refractivity contribution is 6.43. The predicted molar refractivity (Wildman–Crippen MR) is 110 cm³/mol. The van der Waals surface area contributed by atoms with E-state index in [1.807, 2.05) is 0 Å². The SMILES string of the molecule is O=C1C(C2=NC(C(=O)O)C3C(=O)N(c4ccc(Cl)cc4)C(=O)C23)=C(O)c2ccccc21. The maximum atomic E-state index is 13.3. The third-order valence-electron chi connectivity index (χ3n) is 5.75. The number of ketones is 1. The number of anilines is 1. The molecule has 1 saturated heterocycles. The Kier molecular flexibility index (Phi) is 4.10. The van der Waals surface area contributed by atoms with Crippen LogP contribution >= 0.6 is 11.6 Å². The van der Waals surface area contributed by atoms with Crippen LogP contribution in [0.5, 0.6) is 0 Å². The molecule has 154 valence electrons. The highest BCUT2D eigenvalue weighted by Gasteiger charge is 2.60. The van der Waals surface area contributed by atoms with Gasteiger partial charge < -0.3 is 10.2 Å². The minimum Gasteiger partial charge on any atom is -0.506 e. The van der Waals surface area contributed by atoms with Crippen molar-refractivity contribution in [2.24, 2.45) is 16.8 Å². The quantitative estimate of drug-likeness (QED) is 0.712. The summed E-state index contributed by atoms with van der Waals surface area (Å²) in [5.74, 6) is -6.38. The number of carboxylic acids is 1. The van der Waals surface area contributed by atoms with Crippen molar-refractivity contribution in [3.8, 4) is 0 Å². The first-order chi connectivity index (χ1) is 14.8. The van der Waals surface area contributed by atoms with E-state index in [-0.39, 0.29) is 33.9 Å². The van der Waals surface area contributed by atoms with Gasteiger partial charge in [-0.2, -0.15) is 0 Å². The van der Waals surface area contributed by atoms with Gasteiger partial charge in [-0.3, -0.25) is 19.4 Å². The number of benzene rings is 2. The molecule has 0 saturated carbocycles. The second-order valence-electron chi connectivity index (χ2n) is 7.39. The number of aliphatic imine (C=N–C) groups is 1. The first kappa shape index (κ1) is 19.2. The molecule has 5 rings (SSSR count). The Balaban J connectivity index is 1.63. The van der Waals surface area contributed by atoms with Crippen molar-refractivity contribution in [3.63, 3.8) is 0 Å². The van der Waals surface area contributed by atoms with Crippen LogP contribution in [-0.2, 0) is 14.4 Å². The number of aliphatic carboxylic acids is 1. The van der Waals surface area contributed by atoms with E-state index in [0.717, 1.165) is 4.90 Å². The lowest BCUT2D eigenvalue weighted by Crippen LogP contribution is -2.35. The maximum absolute atomic E-state index is 13.3. The van der Waals surface area contributed by atoms with E-state index in [9.17, 15) is 29.4 Å². The number of Topliss-reactive ketones (excluding diaryl/α,β-unsaturated/α-hetero) is 1. The van der Waals surface area contributed by atoms with Crippen LogP contribution in [0.2, 0.25) is 5.02 Å². The number of aliphatic hydroxyl groups excluding tert-OH is 1. The van der Waals surface area contributed by atoms with Crippen LogP contribution in [0.25, 0.3) is 5.76 Å². The maximum Gasteiger partial charge on any atom is 0.329 e. The van der Waals surface area contributed by atoms with Crippen molar-refractivity contribution >= 4 is 52.3 Å². The smallest absolute Gasteiger partial charge is 0.329 e. The summed E-state index contributed by atoms with van der Waals surface area (Å²) >= 11 is 5.88. The van der Waals surface area contributed by atoms with Gasteiger partial charge >= 0.3 is 5.97 Å². The molecule has 2 aromatic carbocycles. The van der Waals surface area contributed by atoms with Gasteiger partial charge in [-0.25, -0.2) is 9.69 Å². The molecule has 31 heavy (non-hydrogen) atoms. The molecular formula is C22H13ClN2O6. The molecular weight excluding hydrogens is 424 g/mol. The number of imide groups is 1. The molecule has 1 fully saturated rings. The van der Waals surface area contributed by atoms with Gasteiger partial charge in [0.15, 0.2) is 11.8 Å². The zero-order valence-electron chi connectivity index (χ0n) is 15.7. The average Bonchev–Trinajstić information content (AvgIpc) is 3.34. The number of allylic oxidation sites excluding steroid dienone is 1. The minimum atomic E-state index is -1.55. The monoisotopic (exact) mass is 436 g/mol. The lowest BCUT2D eigenvalue weighted by molar-refractivity contribution is -0.141. The minimum absolute atomic E-state index is 0.175. The van der Waals surface area contributed by atoms with Crippen LogP contribution < -0.4 is 4.90 Å². The van der Waals surface area contributed by atoms with Crippen LogP contribution in [0.4, 0.5) is 5.69 Å². The molecule has 2 heterocycles. The van der Waals surface area contributed by atoms with Crippen molar-refractivity contribution in [2.75, 3.05) is 4.90 Å². The van der Waals surface area contributed by atoms with Crippen LogP contribution in [0, 0.1) is 11.8 Å². The second kappa shape index (κ2) is 6.61. The fraction of sp³-hybridized carbons (Fsp3) is 0.136. The highest BCUT2D eigenvalue weighted by atomic mass is 35.5. The number of rotatable bonds is 3. The molecule has 0 spiro atoms. The molecule has 2 amide bonds. The summed E-state index contributed by atoms with van der Waals surface area (Å²) in [6.07, 6.45) is 0. The van der Waals surface area contributed by atoms with Gasteiger partial charge in [0.25, 0.3) is 0 Å². The highest BCUT2D eigenvalue weighted by Crippen LogP contribution is 2.44. The van der Waals surface area contributed by atoms with Crippen LogP contribution in [0.15, 0.2) is 59.1 Å². The predicted octanol–water partition coefficient (Wildman–Crippen LogP) is 2.52. The molecule has 2 N–H and O–H groups in total. The average molecular weight is 437 g/mol. The number of carbonyl (C=O) groups is 4. The number of amides is 2. The Hall–Kier alpha value is -3.78. The van der Waals surface area contributed by atoms with E-state index in [4.69, 9.17) is 11.6 Å². The largest absolute Gasteiger partial charge is 0.506 e. The summed E-state index contributed by atoms with van der Waals surface area (Å²) in [6, 6.07) is 10.7. The Labute approximate surface area is 180 Å². The molecule has 3 unspecified atom stereocenters. The number of fused-ring (bicyclic) bond motifs is 2. The molecule has 2 aliphatic heterocycles. The van der Waals surface area contributed by atoms with Crippen LogP contribution in [-0.4, -0.2) is 45.5 Å². The molecule has 3 atom stereocenters. The molecule has 9 heteroatoms. The number of hydrogen-bond acceptors (Lipinski definition) is 6. The molecule has 8 nitrogen and oxygen atoms in total. The fourth-order valence-corrected chi connectivity index (χ4v) is 4.51. The Morgan fingerprint density at radius 1 is 0.968 bits per heavy atom. The third-order valence-corrected chi connectivity index (χ3v) is 6.00. The van der Waals surface area contributed by atoms with Crippen molar-refractivity contribution in [1.82, 2.24) is 0 Å². The lowest BCUT2D eigenvalue weighted by Gasteiger charge is -2.17. The van der Waals surface area contributed by atoms with Crippen LogP contribution in [0.1, 0.15) is 15.9 Å². The third kappa shape index (κ3) is 2.58. The molecule has 0 aromatic heterocycles. The van der Waals surface area contributed by atoms with Gasteiger partial charge in [0.05, 0.1) is 28.8 Å². The first-order valence-electron chi connectivity index (χ1n) is 9.33. The van der Waals surface area contributed by atoms with Gasteiger partial charge in [0.1, 0.15) is 5.76 Å². The second-order valence-corrected chi connectivity index (χ2v) is 7.82. The number of hydrogen-bond donors (Lipinski definition) is 2. The summed E-state index contributed by atoms with van der Waals surface area (Å²) in [6.45, 7) is 0. The standard InChI is InChI=1S/C22H13ClN2O6/c23-9-5-7-10(8-6-9)25-20(28)13-14(21(25)29)17(22(30)31)24-16(13)15-18(26)11-3-1-2-4-12(11)19(15)27/h1-8,13-14,17,26H,(H,30,31). The van der Waals surface area contributed by atoms with Gasteiger partial charge in [-0.1, -0.05) is 35.9 Å². The van der Waals surface area contributed by atoms with Crippen LogP contribution in [0.3, 0.4) is 0 Å². The van der Waals surface area contributed by atoms with Gasteiger partial charge in [0.2, 0.25) is 11.8 Å². The summed E-state index contributed by atoms with van der Waals surface area (Å²) in [7, 11) is 0. The van der Waals surface area contributed by atoms with Crippen molar-refractivity contribution in [1.29, 1.82) is 0 Å². The zero-order valence-corrected chi connectivity index (χ0v) is 16.4. The number of carbonyl (C=O) groups excluding carboxylic acids is 3. The summed E-state index contributed by atoms with van der Waals surface area (Å²) in [4.78, 5) is 56.2. The summed E-state index contributed by atoms with van der Waals surface area (Å²) < 4.78 is 0. The lowest BCUT2D eigenvalue weighted by atomic mass is 9.85. The molecule has 2 aromatic rings. The Morgan fingerprint density at radius 2 is 1.61 bits per heavy atom. The topological polar surface area (TPSA) is 124 Å². The van der Waals surface area contributed by atoms with Crippen molar-refractivity contribution < 1.29 is 29.4 Å². The Morgan fingerprint density at radius 3 is 2.23 bits per heavy atom. The van der Waals surface area contributed by atoms with E-state index >= 15 is 0 Å². The molecule has 1 aliphatic carbocycles. The molecule has 0 bridgehead atoms.